The molecule has 0 spiro atoms. The van der Waals surface area contributed by atoms with Gasteiger partial charge in [-0.2, -0.15) is 0 Å². The highest BCUT2D eigenvalue weighted by Crippen LogP contribution is 2.47. The zero-order chi connectivity index (χ0) is 61.4. The molecule has 29 heteroatoms. The van der Waals surface area contributed by atoms with E-state index in [0.717, 1.165) is 24.2 Å². The summed E-state index contributed by atoms with van der Waals surface area (Å²) in [6.07, 6.45) is 17.0. The van der Waals surface area contributed by atoms with E-state index in [4.69, 9.17) is 56.4 Å². The lowest BCUT2D eigenvalue weighted by Gasteiger charge is -2.23. The number of aromatic hydroxyl groups is 1. The van der Waals surface area contributed by atoms with Crippen LogP contribution in [0.15, 0.2) is 63.8 Å². The SMILES string of the molecule is [B]CC(=O)N(CCOP(=O)(O)OCC(CCCCNC(=S)Nc1ccc(-c2c3ccc(=O)cc-3oc3cc(O)ccc23)c(C(=O)O)c1)COP(=O)(O)OCCOCCOP(=O)(O)OCCCCCCCCCCCCCCCC)CC(=O)NC. The number of benzene rings is 3. The van der Waals surface area contributed by atoms with Crippen molar-refractivity contribution in [3.8, 4) is 28.2 Å². The first kappa shape index (κ1) is 71.9. The highest BCUT2D eigenvalue weighted by molar-refractivity contribution is 7.80. The fourth-order valence-corrected chi connectivity index (χ4v) is 11.3. The number of carbonyl (C=O) groups excluding carboxylic acids is 2. The second-order valence-electron chi connectivity index (χ2n) is 19.9. The standard InChI is InChI=1S/C55H82BN4O20P3S/c1-3-4-5-6-7-8-9-10-11-12-13-14-15-18-28-74-81(67,68)76-32-30-73-31-33-77-83(71,72)79-40-41(39-78-82(69,70)75-29-27-60(52(64)37-56)38-51(63)57-2)19-16-17-26-58-55(84)59-42-20-23-45(48(34-42)54(65)66)53-46-24-21-43(61)35-49(46)80-50-36-44(62)22-25-47(50)53/h20-25,34-36,41,61H,3-19,26-33,37-40H2,1-2H3,(H,57,63)(H,65,66)(H,67,68)(H,69,70)(H,71,72)(H2,58,59,84). The highest BCUT2D eigenvalue weighted by Gasteiger charge is 2.29. The van der Waals surface area contributed by atoms with Gasteiger partial charge in [0.05, 0.1) is 72.8 Å². The number of likely N-dealkylation sites (N-methyl/N-ethyl adjacent to an activating group) is 1. The van der Waals surface area contributed by atoms with Crippen LogP contribution in [-0.2, 0) is 55.2 Å². The molecule has 1 aliphatic carbocycles. The highest BCUT2D eigenvalue weighted by atomic mass is 32.1. The summed E-state index contributed by atoms with van der Waals surface area (Å²) in [5, 5.41) is 29.5. The van der Waals surface area contributed by atoms with Crippen molar-refractivity contribution in [2.75, 3.05) is 84.9 Å². The first-order valence-corrected chi connectivity index (χ1v) is 33.3. The zero-order valence-corrected chi connectivity index (χ0v) is 51.4. The van der Waals surface area contributed by atoms with Crippen molar-refractivity contribution in [3.63, 3.8) is 0 Å². The summed E-state index contributed by atoms with van der Waals surface area (Å²) in [5.74, 6) is -3.09. The van der Waals surface area contributed by atoms with Crippen LogP contribution >= 0.6 is 35.7 Å². The molecule has 0 saturated heterocycles. The van der Waals surface area contributed by atoms with Gasteiger partial charge < -0.3 is 54.9 Å². The molecule has 4 rings (SSSR count). The second-order valence-corrected chi connectivity index (χ2v) is 24.6. The van der Waals surface area contributed by atoms with Gasteiger partial charge in [-0.25, -0.2) is 18.5 Å². The van der Waals surface area contributed by atoms with Crippen molar-refractivity contribution in [1.82, 2.24) is 15.5 Å². The van der Waals surface area contributed by atoms with Gasteiger partial charge in [-0.3, -0.25) is 41.5 Å². The number of thiocarbonyl (C=S) groups is 1. The van der Waals surface area contributed by atoms with Crippen LogP contribution in [0.3, 0.4) is 0 Å². The Morgan fingerprint density at radius 1 is 0.690 bits per heavy atom. The Bertz CT molecular complexity index is 2870. The number of amides is 2. The fourth-order valence-electron chi connectivity index (χ4n) is 8.77. The van der Waals surface area contributed by atoms with Gasteiger partial charge >= 0.3 is 29.4 Å². The van der Waals surface area contributed by atoms with Crippen molar-refractivity contribution < 1.29 is 89.3 Å². The Balaban J connectivity index is 1.23. The number of nitrogens with one attached hydrogen (secondary N) is 3. The molecule has 2 radical (unpaired) electrons. The van der Waals surface area contributed by atoms with Crippen LogP contribution in [0.4, 0.5) is 5.69 Å². The van der Waals surface area contributed by atoms with E-state index in [1.54, 1.807) is 24.3 Å². The number of phenols is 1. The van der Waals surface area contributed by atoms with Crippen molar-refractivity contribution in [2.45, 2.75) is 122 Å². The Labute approximate surface area is 497 Å². The number of nitrogens with zero attached hydrogens (tertiary/aromatic N) is 1. The van der Waals surface area contributed by atoms with Gasteiger partial charge in [-0.15, -0.1) is 0 Å². The Morgan fingerprint density at radius 3 is 1.86 bits per heavy atom. The number of phosphoric acid groups is 3. The van der Waals surface area contributed by atoms with Crippen LogP contribution in [-0.4, -0.2) is 140 Å². The van der Waals surface area contributed by atoms with E-state index in [9.17, 15) is 57.8 Å². The van der Waals surface area contributed by atoms with Crippen molar-refractivity contribution >= 4 is 83.1 Å². The first-order chi connectivity index (χ1) is 40.2. The number of hydrogen-bond acceptors (Lipinski definition) is 17. The molecule has 0 saturated carbocycles. The van der Waals surface area contributed by atoms with Gasteiger partial charge in [0.15, 0.2) is 10.5 Å². The number of phosphoric ester groups is 3. The van der Waals surface area contributed by atoms with Crippen LogP contribution in [0, 0.1) is 5.92 Å². The van der Waals surface area contributed by atoms with Crippen molar-refractivity contribution in [3.05, 3.63) is 70.4 Å². The van der Waals surface area contributed by atoms with E-state index >= 15 is 0 Å². The summed E-state index contributed by atoms with van der Waals surface area (Å²) in [6, 6.07) is 13.2. The number of anilines is 1. The van der Waals surface area contributed by atoms with Gasteiger partial charge in [0.1, 0.15) is 17.1 Å². The predicted octanol–water partition coefficient (Wildman–Crippen LogP) is 10.1. The number of carboxylic acids is 1. The third-order valence-electron chi connectivity index (χ3n) is 13.2. The molecule has 24 nitrogen and oxygen atoms in total. The summed E-state index contributed by atoms with van der Waals surface area (Å²) >= 11 is 5.50. The summed E-state index contributed by atoms with van der Waals surface area (Å²) in [6.45, 7) is -0.757. The molecular weight excluding hydrogens is 1170 g/mol. The second kappa shape index (κ2) is 38.5. The summed E-state index contributed by atoms with van der Waals surface area (Å²) < 4.78 is 79.9. The number of ether oxygens (including phenoxy) is 1. The normalized spacial score (nSPS) is 14.1. The molecule has 8 N–H and O–H groups in total. The maximum absolute atomic E-state index is 12.9. The van der Waals surface area contributed by atoms with Gasteiger partial charge in [0.25, 0.3) is 0 Å². The van der Waals surface area contributed by atoms with Crippen LogP contribution in [0.5, 0.6) is 5.75 Å². The van der Waals surface area contributed by atoms with Gasteiger partial charge in [-0.1, -0.05) is 103 Å². The molecule has 0 fully saturated rings. The maximum atomic E-state index is 12.9. The van der Waals surface area contributed by atoms with Crippen LogP contribution in [0.25, 0.3) is 33.4 Å². The molecule has 1 aliphatic heterocycles. The van der Waals surface area contributed by atoms with E-state index in [1.165, 1.54) is 102 Å². The summed E-state index contributed by atoms with van der Waals surface area (Å²) in [5.41, 5.74) is 1.38. The van der Waals surface area contributed by atoms with Crippen LogP contribution in [0.2, 0.25) is 6.32 Å². The molecular formula is C55H82BN4O20P3S. The molecule has 1 heterocycles. The molecule has 2 amide bonds. The van der Waals surface area contributed by atoms with Gasteiger partial charge in [0.2, 0.25) is 11.8 Å². The minimum absolute atomic E-state index is 0.0696. The predicted molar refractivity (Wildman–Crippen MR) is 322 cm³/mol. The number of unbranched alkanes of at least 4 members (excludes halogenated alkanes) is 14. The molecule has 2 aromatic carbocycles. The van der Waals surface area contributed by atoms with E-state index in [2.05, 4.69) is 22.9 Å². The molecule has 2 aliphatic rings. The topological polar surface area (TPSA) is 338 Å². The Morgan fingerprint density at radius 2 is 1.26 bits per heavy atom. The molecule has 466 valence electrons. The first-order valence-electron chi connectivity index (χ1n) is 28.4. The minimum Gasteiger partial charge on any atom is -0.508 e. The summed E-state index contributed by atoms with van der Waals surface area (Å²) in [4.78, 5) is 81.1. The number of hydrogen-bond donors (Lipinski definition) is 8. The summed E-state index contributed by atoms with van der Waals surface area (Å²) in [7, 11) is -7.06. The lowest BCUT2D eigenvalue weighted by atomic mass is 9.90. The lowest BCUT2D eigenvalue weighted by molar-refractivity contribution is -0.134. The maximum Gasteiger partial charge on any atom is 0.472 e. The number of carboxylic acid groups (broad SMARTS) is 1. The van der Waals surface area contributed by atoms with Crippen molar-refractivity contribution in [2.24, 2.45) is 5.92 Å². The number of rotatable bonds is 45. The van der Waals surface area contributed by atoms with Crippen LogP contribution < -0.4 is 21.4 Å². The quantitative estimate of drug-likeness (QED) is 0.00670. The molecule has 2 aromatic rings. The average Bonchev–Trinajstić information content (AvgIpc) is 1.53. The third-order valence-corrected chi connectivity index (χ3v) is 16.4. The number of phenolic OH excluding ortho intramolecular Hbond substituents is 1. The largest absolute Gasteiger partial charge is 0.508 e. The molecule has 0 aromatic heterocycles. The van der Waals surface area contributed by atoms with Gasteiger partial charge in [-0.05, 0) is 79.8 Å². The van der Waals surface area contributed by atoms with Crippen LogP contribution in [0.1, 0.15) is 126 Å². The van der Waals surface area contributed by atoms with E-state index in [1.807, 2.05) is 0 Å². The third kappa shape index (κ3) is 27.8. The number of fused-ring (bicyclic) bond motifs is 2. The monoisotopic (exact) mass is 1250 g/mol. The molecule has 4 atom stereocenters. The molecule has 84 heavy (non-hydrogen) atoms. The van der Waals surface area contributed by atoms with Crippen molar-refractivity contribution in [1.29, 1.82) is 0 Å². The van der Waals surface area contributed by atoms with Gasteiger partial charge in [0, 0.05) is 60.4 Å². The smallest absolute Gasteiger partial charge is 0.472 e. The molecule has 4 unspecified atom stereocenters. The Kier molecular flexibility index (Phi) is 33.0. The van der Waals surface area contributed by atoms with E-state index in [0.29, 0.717) is 47.0 Å². The fraction of sp³-hybridized carbons (Fsp3) is 0.582. The minimum atomic E-state index is -4.81. The van der Waals surface area contributed by atoms with E-state index < -0.39 is 79.9 Å². The number of carbonyl (C=O) groups is 3. The van der Waals surface area contributed by atoms with E-state index in [-0.39, 0.29) is 85.7 Å². The average molecular weight is 1260 g/mol. The number of aromatic carboxylic acids is 1. The zero-order valence-electron chi connectivity index (χ0n) is 47.9. The molecule has 0 bridgehead atoms. The Hall–Kier alpha value is -4.62. The lowest BCUT2D eigenvalue weighted by Crippen LogP contribution is -2.41.